The highest BCUT2D eigenvalue weighted by atomic mass is 16.5. The highest BCUT2D eigenvalue weighted by Crippen LogP contribution is 2.16. The molecule has 0 bridgehead atoms. The molecule has 0 aliphatic heterocycles. The molecule has 0 aliphatic rings. The molecule has 0 amide bonds. The van der Waals surface area contributed by atoms with Gasteiger partial charge in [-0.15, -0.1) is 6.42 Å². The Bertz CT molecular complexity index is 1140. The van der Waals surface area contributed by atoms with E-state index < -0.39 is 11.9 Å². The Kier molecular flexibility index (Phi) is 16.7. The first-order valence-corrected chi connectivity index (χ1v) is 13.6. The van der Waals surface area contributed by atoms with Gasteiger partial charge < -0.3 is 34.3 Å². The molecule has 2 aromatic rings. The number of aliphatic hydroxyl groups is 1. The number of likely N-dealkylation sites (N-methyl/N-ethyl adjacent to an activating group) is 1. The molecule has 2 heterocycles. The molecule has 0 atom stereocenters. The Labute approximate surface area is 246 Å². The van der Waals surface area contributed by atoms with E-state index in [4.69, 9.17) is 35.6 Å². The summed E-state index contributed by atoms with van der Waals surface area (Å²) in [5.74, 6) is 0.457. The van der Waals surface area contributed by atoms with E-state index in [0.29, 0.717) is 82.9 Å². The van der Waals surface area contributed by atoms with Crippen LogP contribution in [0.4, 0.5) is 0 Å². The molecule has 42 heavy (non-hydrogen) atoms. The molecule has 13 heteroatoms. The molecular weight excluding hydrogens is 548 g/mol. The van der Waals surface area contributed by atoms with Crippen molar-refractivity contribution in [1.29, 1.82) is 0 Å². The van der Waals surface area contributed by atoms with Crippen molar-refractivity contribution in [2.45, 2.75) is 20.0 Å². The Hall–Kier alpha value is -3.64. The number of terminal acetylenes is 1. The molecule has 2 rings (SSSR count). The number of aromatic carboxylic acids is 2. The van der Waals surface area contributed by atoms with E-state index in [0.717, 1.165) is 6.54 Å². The third kappa shape index (κ3) is 13.8. The van der Waals surface area contributed by atoms with E-state index in [-0.39, 0.29) is 31.2 Å². The highest BCUT2D eigenvalue weighted by molar-refractivity contribution is 5.86. The summed E-state index contributed by atoms with van der Waals surface area (Å²) in [4.78, 5) is 35.2. The van der Waals surface area contributed by atoms with Crippen molar-refractivity contribution in [2.75, 3.05) is 79.0 Å². The summed E-state index contributed by atoms with van der Waals surface area (Å²) < 4.78 is 22.3. The minimum Gasteiger partial charge on any atom is -0.481 e. The first kappa shape index (κ1) is 34.6. The number of ether oxygens (including phenoxy) is 4. The topological polar surface area (TPSA) is 164 Å². The number of nitrogens with zero attached hydrogens (tertiary/aromatic N) is 4. The van der Waals surface area contributed by atoms with Crippen molar-refractivity contribution in [3.05, 3.63) is 53.1 Å². The largest absolute Gasteiger partial charge is 0.481 e. The van der Waals surface area contributed by atoms with E-state index in [1.807, 2.05) is 11.8 Å². The van der Waals surface area contributed by atoms with Crippen LogP contribution in [-0.4, -0.2) is 126 Å². The maximum Gasteiger partial charge on any atom is 0.354 e. The van der Waals surface area contributed by atoms with Gasteiger partial charge in [-0.05, 0) is 18.7 Å². The lowest BCUT2D eigenvalue weighted by atomic mass is 10.2. The second kappa shape index (κ2) is 20.3. The molecule has 0 aliphatic carbocycles. The van der Waals surface area contributed by atoms with Gasteiger partial charge in [0, 0.05) is 44.9 Å². The number of carbonyl (C=O) groups is 2. The van der Waals surface area contributed by atoms with Crippen LogP contribution in [0.5, 0.6) is 5.75 Å². The number of aliphatic hydroxyl groups excluding tert-OH is 1. The van der Waals surface area contributed by atoms with E-state index >= 15 is 0 Å². The fourth-order valence-corrected chi connectivity index (χ4v) is 3.79. The first-order chi connectivity index (χ1) is 20.4. The first-order valence-electron chi connectivity index (χ1n) is 13.6. The van der Waals surface area contributed by atoms with Crippen molar-refractivity contribution in [2.24, 2.45) is 0 Å². The van der Waals surface area contributed by atoms with Gasteiger partial charge in [0.05, 0.1) is 57.6 Å². The van der Waals surface area contributed by atoms with Gasteiger partial charge in [0.2, 0.25) is 0 Å². The lowest BCUT2D eigenvalue weighted by Gasteiger charge is -2.22. The van der Waals surface area contributed by atoms with Crippen LogP contribution in [0.2, 0.25) is 0 Å². The third-order valence-corrected chi connectivity index (χ3v) is 5.90. The summed E-state index contributed by atoms with van der Waals surface area (Å²) in [6, 6.07) is 7.94. The van der Waals surface area contributed by atoms with Crippen molar-refractivity contribution in [1.82, 2.24) is 19.8 Å². The van der Waals surface area contributed by atoms with Gasteiger partial charge in [-0.3, -0.25) is 9.80 Å². The fourth-order valence-electron chi connectivity index (χ4n) is 3.79. The fraction of sp³-hybridized carbons (Fsp3) is 0.517. The number of pyridine rings is 2. The normalized spacial score (nSPS) is 11.1. The Morgan fingerprint density at radius 2 is 1.43 bits per heavy atom. The van der Waals surface area contributed by atoms with Crippen molar-refractivity contribution in [3.8, 4) is 18.1 Å². The van der Waals surface area contributed by atoms with Crippen LogP contribution >= 0.6 is 0 Å². The molecule has 2 aromatic heterocycles. The van der Waals surface area contributed by atoms with Crippen LogP contribution < -0.4 is 4.74 Å². The average Bonchev–Trinajstić information content (AvgIpc) is 2.98. The summed E-state index contributed by atoms with van der Waals surface area (Å²) in [6.07, 6.45) is 5.25. The van der Waals surface area contributed by atoms with Crippen LogP contribution in [0.3, 0.4) is 0 Å². The standard InChI is InChI=1S/C29H40N4O9/c1-3-12-42-25-19-24(31-27(20-25)29(37)38)22-33(9-14-39-16-11-34)10-15-41-18-17-40-13-8-32(4-2)21-23-6-5-7-26(30-23)28(35)36/h1,5-7,19-20,34H,4,8-18,21-22H2,2H3,(H,35,36)(H,37,38). The zero-order valence-electron chi connectivity index (χ0n) is 23.9. The van der Waals surface area contributed by atoms with Crippen LogP contribution in [0.25, 0.3) is 0 Å². The molecule has 0 spiro atoms. The van der Waals surface area contributed by atoms with Crippen LogP contribution in [-0.2, 0) is 27.3 Å². The van der Waals surface area contributed by atoms with Crippen LogP contribution in [0.1, 0.15) is 39.3 Å². The predicted molar refractivity (Wildman–Crippen MR) is 152 cm³/mol. The minimum atomic E-state index is -1.17. The molecule has 13 nitrogen and oxygen atoms in total. The number of aromatic nitrogens is 2. The number of rotatable bonds is 23. The van der Waals surface area contributed by atoms with Crippen molar-refractivity contribution >= 4 is 11.9 Å². The molecule has 0 saturated heterocycles. The number of carboxylic acid groups (broad SMARTS) is 2. The van der Waals surface area contributed by atoms with Gasteiger partial charge in [0.15, 0.2) is 5.69 Å². The zero-order valence-corrected chi connectivity index (χ0v) is 23.9. The lowest BCUT2D eigenvalue weighted by Crippen LogP contribution is -2.32. The molecule has 0 saturated carbocycles. The van der Waals surface area contributed by atoms with Gasteiger partial charge in [-0.25, -0.2) is 19.6 Å². The Morgan fingerprint density at radius 1 is 0.833 bits per heavy atom. The van der Waals surface area contributed by atoms with Gasteiger partial charge in [-0.1, -0.05) is 18.9 Å². The van der Waals surface area contributed by atoms with Crippen LogP contribution in [0.15, 0.2) is 30.3 Å². The number of hydrogen-bond acceptors (Lipinski definition) is 11. The SMILES string of the molecule is C#CCOc1cc(CN(CCOCCO)CCOCCOCCN(CC)Cc2cccc(C(=O)O)n2)nc(C(=O)O)c1. The highest BCUT2D eigenvalue weighted by Gasteiger charge is 2.14. The Balaban J connectivity index is 1.78. The molecule has 0 fully saturated rings. The van der Waals surface area contributed by atoms with Crippen molar-refractivity contribution in [3.63, 3.8) is 0 Å². The molecular formula is C29H40N4O9. The Morgan fingerprint density at radius 3 is 2.02 bits per heavy atom. The smallest absolute Gasteiger partial charge is 0.354 e. The van der Waals surface area contributed by atoms with Gasteiger partial charge in [0.25, 0.3) is 0 Å². The summed E-state index contributed by atoms with van der Waals surface area (Å²) in [6.45, 7) is 7.52. The summed E-state index contributed by atoms with van der Waals surface area (Å²) in [5.41, 5.74) is 1.07. The van der Waals surface area contributed by atoms with Gasteiger partial charge >= 0.3 is 11.9 Å². The molecule has 0 radical (unpaired) electrons. The quantitative estimate of drug-likeness (QED) is 0.126. The molecule has 230 valence electrons. The monoisotopic (exact) mass is 588 g/mol. The zero-order chi connectivity index (χ0) is 30.6. The molecule has 0 unspecified atom stereocenters. The van der Waals surface area contributed by atoms with Crippen LogP contribution in [0, 0.1) is 12.3 Å². The average molecular weight is 589 g/mol. The van der Waals surface area contributed by atoms with E-state index in [1.54, 1.807) is 18.2 Å². The van der Waals surface area contributed by atoms with Crippen molar-refractivity contribution < 1.29 is 43.9 Å². The van der Waals surface area contributed by atoms with E-state index in [2.05, 4.69) is 20.8 Å². The summed E-state index contributed by atoms with van der Waals surface area (Å²) in [5, 5.41) is 27.5. The van der Waals surface area contributed by atoms with E-state index in [9.17, 15) is 14.7 Å². The van der Waals surface area contributed by atoms with Gasteiger partial charge in [-0.2, -0.15) is 0 Å². The minimum absolute atomic E-state index is 0.00544. The molecule has 0 aromatic carbocycles. The lowest BCUT2D eigenvalue weighted by molar-refractivity contribution is 0.0242. The summed E-state index contributed by atoms with van der Waals surface area (Å²) >= 11 is 0. The number of hydrogen-bond donors (Lipinski definition) is 3. The second-order valence-corrected chi connectivity index (χ2v) is 9.00. The summed E-state index contributed by atoms with van der Waals surface area (Å²) in [7, 11) is 0. The third-order valence-electron chi connectivity index (χ3n) is 5.90. The van der Waals surface area contributed by atoms with Gasteiger partial charge in [0.1, 0.15) is 18.1 Å². The maximum absolute atomic E-state index is 11.5. The van der Waals surface area contributed by atoms with E-state index in [1.165, 1.54) is 12.1 Å². The molecule has 3 N–H and O–H groups in total. The maximum atomic E-state index is 11.5. The predicted octanol–water partition coefficient (Wildman–Crippen LogP) is 1.25. The number of carboxylic acids is 2. The second-order valence-electron chi connectivity index (χ2n) is 9.00.